The molecule has 1 saturated heterocycles. The molecule has 0 unspecified atom stereocenters. The molecular formula is C11H18N4O2S. The Morgan fingerprint density at radius 2 is 1.78 bits per heavy atom. The second-order valence-corrected chi connectivity index (χ2v) is 6.55. The van der Waals surface area contributed by atoms with Gasteiger partial charge in [-0.3, -0.25) is 0 Å². The summed E-state index contributed by atoms with van der Waals surface area (Å²) in [7, 11) is -3.10. The van der Waals surface area contributed by atoms with Gasteiger partial charge in [0.25, 0.3) is 0 Å². The Balaban J connectivity index is 2.07. The van der Waals surface area contributed by atoms with Crippen LogP contribution in [0.2, 0.25) is 0 Å². The first-order valence-electron chi connectivity index (χ1n) is 5.95. The Morgan fingerprint density at radius 1 is 1.11 bits per heavy atom. The molecule has 1 aliphatic rings. The summed E-state index contributed by atoms with van der Waals surface area (Å²) < 4.78 is 24.5. The zero-order chi connectivity index (χ0) is 13.2. The van der Waals surface area contributed by atoms with Crippen LogP contribution in [0.3, 0.4) is 0 Å². The van der Waals surface area contributed by atoms with Gasteiger partial charge < -0.3 is 4.90 Å². The highest BCUT2D eigenvalue weighted by molar-refractivity contribution is 7.88. The molecule has 0 radical (unpaired) electrons. The van der Waals surface area contributed by atoms with E-state index in [1.807, 2.05) is 11.8 Å². The highest BCUT2D eigenvalue weighted by Crippen LogP contribution is 2.12. The van der Waals surface area contributed by atoms with Crippen LogP contribution in [0.15, 0.2) is 12.4 Å². The van der Waals surface area contributed by atoms with Crippen molar-refractivity contribution in [2.24, 2.45) is 0 Å². The Kier molecular flexibility index (Phi) is 3.82. The fourth-order valence-corrected chi connectivity index (χ4v) is 2.85. The van der Waals surface area contributed by atoms with E-state index in [0.717, 1.165) is 18.5 Å². The van der Waals surface area contributed by atoms with Gasteiger partial charge in [-0.25, -0.2) is 22.7 Å². The van der Waals surface area contributed by atoms with Gasteiger partial charge in [0, 0.05) is 38.6 Å². The largest absolute Gasteiger partial charge is 0.339 e. The second kappa shape index (κ2) is 5.19. The van der Waals surface area contributed by atoms with Crippen molar-refractivity contribution < 1.29 is 8.42 Å². The zero-order valence-corrected chi connectivity index (χ0v) is 11.5. The SMILES string of the molecule is Cc1cnc(N2CCCN(S(C)(=O)=O)CC2)nc1. The quantitative estimate of drug-likeness (QED) is 0.771. The number of aromatic nitrogens is 2. The molecular weight excluding hydrogens is 252 g/mol. The lowest BCUT2D eigenvalue weighted by molar-refractivity contribution is 0.437. The van der Waals surface area contributed by atoms with Crippen LogP contribution in [-0.4, -0.2) is 55.1 Å². The Hall–Kier alpha value is -1.21. The van der Waals surface area contributed by atoms with Gasteiger partial charge in [-0.05, 0) is 18.9 Å². The van der Waals surface area contributed by atoms with Crippen LogP contribution in [0.5, 0.6) is 0 Å². The predicted octanol–water partition coefficient (Wildman–Crippen LogP) is 0.257. The molecule has 100 valence electrons. The fraction of sp³-hybridized carbons (Fsp3) is 0.636. The van der Waals surface area contributed by atoms with Gasteiger partial charge >= 0.3 is 0 Å². The highest BCUT2D eigenvalue weighted by Gasteiger charge is 2.22. The van der Waals surface area contributed by atoms with Crippen LogP contribution in [0, 0.1) is 6.92 Å². The summed E-state index contributed by atoms with van der Waals surface area (Å²) in [5.74, 6) is 0.677. The molecule has 0 saturated carbocycles. The lowest BCUT2D eigenvalue weighted by Gasteiger charge is -2.20. The summed E-state index contributed by atoms with van der Waals surface area (Å²) >= 11 is 0. The van der Waals surface area contributed by atoms with Gasteiger partial charge in [-0.1, -0.05) is 0 Å². The van der Waals surface area contributed by atoms with Crippen molar-refractivity contribution in [1.82, 2.24) is 14.3 Å². The van der Waals surface area contributed by atoms with E-state index in [2.05, 4.69) is 9.97 Å². The van der Waals surface area contributed by atoms with Crippen molar-refractivity contribution in [3.05, 3.63) is 18.0 Å². The van der Waals surface area contributed by atoms with Crippen molar-refractivity contribution in [2.45, 2.75) is 13.3 Å². The van der Waals surface area contributed by atoms with E-state index in [4.69, 9.17) is 0 Å². The minimum Gasteiger partial charge on any atom is -0.339 e. The molecule has 6 nitrogen and oxygen atoms in total. The third kappa shape index (κ3) is 3.17. The van der Waals surface area contributed by atoms with Crippen LogP contribution in [0.4, 0.5) is 5.95 Å². The van der Waals surface area contributed by atoms with Crippen molar-refractivity contribution in [1.29, 1.82) is 0 Å². The molecule has 2 heterocycles. The molecule has 1 aromatic rings. The Morgan fingerprint density at radius 3 is 2.39 bits per heavy atom. The summed E-state index contributed by atoms with van der Waals surface area (Å²) in [6.45, 7) is 4.43. The Labute approximate surface area is 108 Å². The average molecular weight is 270 g/mol. The van der Waals surface area contributed by atoms with Gasteiger partial charge in [0.1, 0.15) is 0 Å². The van der Waals surface area contributed by atoms with Gasteiger partial charge in [-0.15, -0.1) is 0 Å². The summed E-state index contributed by atoms with van der Waals surface area (Å²) in [5.41, 5.74) is 1.02. The molecule has 0 bridgehead atoms. The average Bonchev–Trinajstić information content (AvgIpc) is 2.55. The monoisotopic (exact) mass is 270 g/mol. The molecule has 1 aliphatic heterocycles. The molecule has 1 aromatic heterocycles. The number of sulfonamides is 1. The van der Waals surface area contributed by atoms with Gasteiger partial charge in [0.2, 0.25) is 16.0 Å². The minimum absolute atomic E-state index is 0.496. The van der Waals surface area contributed by atoms with E-state index in [1.165, 1.54) is 10.6 Å². The summed E-state index contributed by atoms with van der Waals surface area (Å²) in [5, 5.41) is 0. The first kappa shape index (κ1) is 13.2. The van der Waals surface area contributed by atoms with Crippen LogP contribution in [0.25, 0.3) is 0 Å². The summed E-state index contributed by atoms with van der Waals surface area (Å²) in [4.78, 5) is 10.6. The number of nitrogens with zero attached hydrogens (tertiary/aromatic N) is 4. The Bertz CT molecular complexity index is 500. The predicted molar refractivity (Wildman–Crippen MR) is 70.0 cm³/mol. The standard InChI is InChI=1S/C11H18N4O2S/c1-10-8-12-11(13-9-10)14-4-3-5-15(7-6-14)18(2,16)17/h8-9H,3-7H2,1-2H3. The number of rotatable bonds is 2. The molecule has 2 rings (SSSR count). The maximum atomic E-state index is 11.5. The fourth-order valence-electron chi connectivity index (χ4n) is 1.97. The summed E-state index contributed by atoms with van der Waals surface area (Å²) in [6.07, 6.45) is 5.61. The molecule has 0 aromatic carbocycles. The molecule has 0 atom stereocenters. The van der Waals surface area contributed by atoms with E-state index < -0.39 is 10.0 Å². The van der Waals surface area contributed by atoms with Crippen LogP contribution < -0.4 is 4.90 Å². The van der Waals surface area contributed by atoms with Gasteiger partial charge in [0.05, 0.1) is 6.26 Å². The normalized spacial score (nSPS) is 18.7. The van der Waals surface area contributed by atoms with E-state index in [0.29, 0.717) is 25.6 Å². The highest BCUT2D eigenvalue weighted by atomic mass is 32.2. The van der Waals surface area contributed by atoms with Crippen molar-refractivity contribution in [3.63, 3.8) is 0 Å². The molecule has 1 fully saturated rings. The number of hydrogen-bond donors (Lipinski definition) is 0. The summed E-state index contributed by atoms with van der Waals surface area (Å²) in [6, 6.07) is 0. The van der Waals surface area contributed by atoms with Crippen molar-refractivity contribution in [2.75, 3.05) is 37.3 Å². The van der Waals surface area contributed by atoms with Crippen LogP contribution >= 0.6 is 0 Å². The van der Waals surface area contributed by atoms with Gasteiger partial charge in [0.15, 0.2) is 0 Å². The minimum atomic E-state index is -3.10. The molecule has 0 spiro atoms. The second-order valence-electron chi connectivity index (χ2n) is 4.56. The van der Waals surface area contributed by atoms with Crippen LogP contribution in [-0.2, 0) is 10.0 Å². The van der Waals surface area contributed by atoms with Gasteiger partial charge in [-0.2, -0.15) is 0 Å². The lowest BCUT2D eigenvalue weighted by Crippen LogP contribution is -2.34. The third-order valence-corrected chi connectivity index (χ3v) is 4.28. The topological polar surface area (TPSA) is 66.4 Å². The number of anilines is 1. The molecule has 7 heteroatoms. The maximum Gasteiger partial charge on any atom is 0.225 e. The van der Waals surface area contributed by atoms with Crippen molar-refractivity contribution >= 4 is 16.0 Å². The third-order valence-electron chi connectivity index (χ3n) is 2.97. The maximum absolute atomic E-state index is 11.5. The van der Waals surface area contributed by atoms with E-state index in [9.17, 15) is 8.42 Å². The van der Waals surface area contributed by atoms with E-state index in [-0.39, 0.29) is 0 Å². The molecule has 0 amide bonds. The number of hydrogen-bond acceptors (Lipinski definition) is 5. The first-order valence-corrected chi connectivity index (χ1v) is 7.80. The lowest BCUT2D eigenvalue weighted by atomic mass is 10.4. The number of aryl methyl sites for hydroxylation is 1. The van der Waals surface area contributed by atoms with E-state index in [1.54, 1.807) is 12.4 Å². The first-order chi connectivity index (χ1) is 8.47. The van der Waals surface area contributed by atoms with Crippen molar-refractivity contribution in [3.8, 4) is 0 Å². The molecule has 0 N–H and O–H groups in total. The smallest absolute Gasteiger partial charge is 0.225 e. The molecule has 0 aliphatic carbocycles. The van der Waals surface area contributed by atoms with E-state index >= 15 is 0 Å². The molecule has 18 heavy (non-hydrogen) atoms. The van der Waals surface area contributed by atoms with Crippen LogP contribution in [0.1, 0.15) is 12.0 Å². The zero-order valence-electron chi connectivity index (χ0n) is 10.7.